The Kier molecular flexibility index (Phi) is 3.17. The summed E-state index contributed by atoms with van der Waals surface area (Å²) in [6, 6.07) is 1.71. The molecular weight excluding hydrogens is 219 g/mol. The van der Waals surface area contributed by atoms with Crippen molar-refractivity contribution in [1.29, 1.82) is 0 Å². The summed E-state index contributed by atoms with van der Waals surface area (Å²) in [7, 11) is 0.782. The zero-order valence-electron chi connectivity index (χ0n) is 10.2. The van der Waals surface area contributed by atoms with E-state index in [0.717, 1.165) is 5.56 Å². The summed E-state index contributed by atoms with van der Waals surface area (Å²) < 4.78 is 5.13. The minimum atomic E-state index is -0.908. The Morgan fingerprint density at radius 3 is 3.00 bits per heavy atom. The molecule has 1 N–H and O–H groups in total. The van der Waals surface area contributed by atoms with E-state index in [-0.39, 0.29) is 18.4 Å². The molecule has 1 amide bonds. The lowest BCUT2D eigenvalue weighted by Gasteiger charge is -2.20. The number of anilines is 1. The summed E-state index contributed by atoms with van der Waals surface area (Å²) in [6.07, 6.45) is 1.58. The molecule has 2 rings (SSSR count). The van der Waals surface area contributed by atoms with Crippen molar-refractivity contribution < 1.29 is 14.5 Å². The molecular formula is C11H15BN2O3. The Labute approximate surface area is 101 Å². The first kappa shape index (κ1) is 12.1. The van der Waals surface area contributed by atoms with Crippen LogP contribution in [-0.4, -0.2) is 30.1 Å². The Hall–Kier alpha value is -1.40. The molecule has 0 aliphatic carbocycles. The van der Waals surface area contributed by atoms with E-state index in [4.69, 9.17) is 4.65 Å². The summed E-state index contributed by atoms with van der Waals surface area (Å²) in [5.74, 6) is 0.468. The summed E-state index contributed by atoms with van der Waals surface area (Å²) in [5.41, 5.74) is 1.48. The normalized spacial score (nSPS) is 14.1. The number of carbonyl (C=O) groups excluding carboxylic acids is 1. The van der Waals surface area contributed by atoms with Gasteiger partial charge in [0.2, 0.25) is 5.91 Å². The monoisotopic (exact) mass is 234 g/mol. The van der Waals surface area contributed by atoms with E-state index in [2.05, 4.69) is 4.98 Å². The fourth-order valence-corrected chi connectivity index (χ4v) is 1.91. The first-order valence-electron chi connectivity index (χ1n) is 5.57. The molecule has 0 radical (unpaired) electrons. The van der Waals surface area contributed by atoms with Gasteiger partial charge in [-0.05, 0) is 11.5 Å². The van der Waals surface area contributed by atoms with Gasteiger partial charge in [-0.3, -0.25) is 9.69 Å². The molecule has 0 aromatic carbocycles. The molecule has 17 heavy (non-hydrogen) atoms. The maximum Gasteiger partial charge on any atom is 0.491 e. The molecule has 2 heterocycles. The van der Waals surface area contributed by atoms with Gasteiger partial charge in [0.05, 0.1) is 6.61 Å². The van der Waals surface area contributed by atoms with Crippen molar-refractivity contribution in [2.75, 3.05) is 11.9 Å². The molecule has 0 saturated carbocycles. The standard InChI is InChI=1S/C11H15BN2O3/c1-7(2)11(15)14(3)10-8-6-17-12(16)9(8)4-5-13-10/h4-5,7,16H,6H2,1-3H3. The first-order chi connectivity index (χ1) is 8.02. The van der Waals surface area contributed by atoms with Crippen molar-refractivity contribution in [2.24, 2.45) is 5.92 Å². The van der Waals surface area contributed by atoms with E-state index >= 15 is 0 Å². The van der Waals surface area contributed by atoms with E-state index in [1.165, 1.54) is 4.90 Å². The third-order valence-electron chi connectivity index (χ3n) is 2.86. The second-order valence-electron chi connectivity index (χ2n) is 4.42. The fraction of sp³-hybridized carbons (Fsp3) is 0.455. The smallest absolute Gasteiger partial charge is 0.423 e. The second-order valence-corrected chi connectivity index (χ2v) is 4.42. The second kappa shape index (κ2) is 4.47. The number of hydrogen-bond donors (Lipinski definition) is 1. The van der Waals surface area contributed by atoms with Gasteiger partial charge in [0.25, 0.3) is 0 Å². The van der Waals surface area contributed by atoms with Gasteiger partial charge in [-0.15, -0.1) is 0 Å². The third-order valence-corrected chi connectivity index (χ3v) is 2.86. The van der Waals surface area contributed by atoms with Crippen molar-refractivity contribution >= 4 is 24.3 Å². The van der Waals surface area contributed by atoms with Crippen LogP contribution in [-0.2, 0) is 16.1 Å². The number of rotatable bonds is 2. The number of fused-ring (bicyclic) bond motifs is 1. The van der Waals surface area contributed by atoms with Crippen molar-refractivity contribution in [2.45, 2.75) is 20.5 Å². The summed E-state index contributed by atoms with van der Waals surface area (Å²) in [4.78, 5) is 17.6. The number of amides is 1. The molecule has 1 aliphatic heterocycles. The van der Waals surface area contributed by atoms with Crippen LogP contribution in [0.2, 0.25) is 0 Å². The number of aromatic nitrogens is 1. The Balaban J connectivity index is 2.38. The molecule has 0 bridgehead atoms. The van der Waals surface area contributed by atoms with Crippen molar-refractivity contribution in [3.8, 4) is 0 Å². The summed E-state index contributed by atoms with van der Waals surface area (Å²) in [5, 5.41) is 9.58. The predicted octanol–water partition coefficient (Wildman–Crippen LogP) is -0.0819. The quantitative estimate of drug-likeness (QED) is 0.727. The third kappa shape index (κ3) is 2.05. The Morgan fingerprint density at radius 2 is 2.35 bits per heavy atom. The van der Waals surface area contributed by atoms with Crippen LogP contribution in [0.5, 0.6) is 0 Å². The fourth-order valence-electron chi connectivity index (χ4n) is 1.91. The van der Waals surface area contributed by atoms with E-state index in [1.54, 1.807) is 19.3 Å². The van der Waals surface area contributed by atoms with Crippen LogP contribution >= 0.6 is 0 Å². The highest BCUT2D eigenvalue weighted by Gasteiger charge is 2.31. The molecule has 6 heteroatoms. The molecule has 0 atom stereocenters. The Morgan fingerprint density at radius 1 is 1.65 bits per heavy atom. The van der Waals surface area contributed by atoms with Gasteiger partial charge < -0.3 is 9.68 Å². The highest BCUT2D eigenvalue weighted by Crippen LogP contribution is 2.21. The minimum absolute atomic E-state index is 0.00714. The van der Waals surface area contributed by atoms with Gasteiger partial charge >= 0.3 is 7.12 Å². The highest BCUT2D eigenvalue weighted by atomic mass is 16.5. The molecule has 0 unspecified atom stereocenters. The molecule has 1 aliphatic rings. The minimum Gasteiger partial charge on any atom is -0.423 e. The van der Waals surface area contributed by atoms with Gasteiger partial charge in [0.15, 0.2) is 0 Å². The van der Waals surface area contributed by atoms with E-state index in [1.807, 2.05) is 13.8 Å². The molecule has 5 nitrogen and oxygen atoms in total. The van der Waals surface area contributed by atoms with Gasteiger partial charge in [-0.25, -0.2) is 4.98 Å². The van der Waals surface area contributed by atoms with E-state index in [0.29, 0.717) is 11.3 Å². The van der Waals surface area contributed by atoms with Crippen LogP contribution in [0.4, 0.5) is 5.82 Å². The number of pyridine rings is 1. The number of hydrogen-bond acceptors (Lipinski definition) is 4. The van der Waals surface area contributed by atoms with Crippen LogP contribution < -0.4 is 10.4 Å². The molecule has 1 aromatic heterocycles. The SMILES string of the molecule is CC(C)C(=O)N(C)c1nccc2c1COB2O. The topological polar surface area (TPSA) is 62.7 Å². The van der Waals surface area contributed by atoms with Crippen molar-refractivity contribution in [3.05, 3.63) is 17.8 Å². The average Bonchev–Trinajstić information content (AvgIpc) is 2.69. The molecule has 0 fully saturated rings. The van der Waals surface area contributed by atoms with Crippen LogP contribution in [0.1, 0.15) is 19.4 Å². The predicted molar refractivity (Wildman–Crippen MR) is 64.9 cm³/mol. The zero-order chi connectivity index (χ0) is 12.6. The van der Waals surface area contributed by atoms with Crippen LogP contribution in [0, 0.1) is 5.92 Å². The molecule has 0 spiro atoms. The maximum absolute atomic E-state index is 11.9. The zero-order valence-corrected chi connectivity index (χ0v) is 10.2. The maximum atomic E-state index is 11.9. The number of nitrogens with zero attached hydrogens (tertiary/aromatic N) is 2. The van der Waals surface area contributed by atoms with Gasteiger partial charge in [-0.1, -0.05) is 13.8 Å². The summed E-state index contributed by atoms with van der Waals surface area (Å²) in [6.45, 7) is 3.97. The van der Waals surface area contributed by atoms with Crippen LogP contribution in [0.15, 0.2) is 12.3 Å². The molecule has 90 valence electrons. The molecule has 0 saturated heterocycles. The summed E-state index contributed by atoms with van der Waals surface area (Å²) >= 11 is 0. The van der Waals surface area contributed by atoms with Gasteiger partial charge in [0.1, 0.15) is 5.82 Å². The molecule has 1 aromatic rings. The highest BCUT2D eigenvalue weighted by molar-refractivity contribution is 6.61. The van der Waals surface area contributed by atoms with Crippen molar-refractivity contribution in [3.63, 3.8) is 0 Å². The van der Waals surface area contributed by atoms with Crippen molar-refractivity contribution in [1.82, 2.24) is 4.98 Å². The van der Waals surface area contributed by atoms with Crippen LogP contribution in [0.3, 0.4) is 0 Å². The van der Waals surface area contributed by atoms with Gasteiger partial charge in [0, 0.05) is 24.7 Å². The lowest BCUT2D eigenvalue weighted by atomic mass is 9.80. The van der Waals surface area contributed by atoms with Gasteiger partial charge in [-0.2, -0.15) is 0 Å². The van der Waals surface area contributed by atoms with E-state index in [9.17, 15) is 9.82 Å². The number of carbonyl (C=O) groups is 1. The first-order valence-corrected chi connectivity index (χ1v) is 5.57. The lowest BCUT2D eigenvalue weighted by molar-refractivity contribution is -0.121. The van der Waals surface area contributed by atoms with E-state index < -0.39 is 7.12 Å². The lowest BCUT2D eigenvalue weighted by Crippen LogP contribution is -2.34. The Bertz CT molecular complexity index is 450. The largest absolute Gasteiger partial charge is 0.491 e. The average molecular weight is 234 g/mol. The van der Waals surface area contributed by atoms with Crippen LogP contribution in [0.25, 0.3) is 0 Å².